The van der Waals surface area contributed by atoms with Crippen LogP contribution in [0.25, 0.3) is 0 Å². The van der Waals surface area contributed by atoms with Crippen LogP contribution in [0.5, 0.6) is 5.75 Å². The molecule has 3 nitrogen and oxygen atoms in total. The van der Waals surface area contributed by atoms with Crippen molar-refractivity contribution in [3.63, 3.8) is 0 Å². The van der Waals surface area contributed by atoms with Gasteiger partial charge in [0, 0.05) is 10.0 Å². The van der Waals surface area contributed by atoms with Crippen LogP contribution in [0.15, 0.2) is 39.4 Å². The molecule has 2 aromatic rings. The summed E-state index contributed by atoms with van der Waals surface area (Å²) in [5.74, 6) is -0.247. The van der Waals surface area contributed by atoms with E-state index in [2.05, 4.69) is 15.9 Å². The fourth-order valence-electron chi connectivity index (χ4n) is 1.53. The first-order valence-corrected chi connectivity index (χ1v) is 5.67. The molecular formula is C12H10BrFO3. The number of benzene rings is 1. The third kappa shape index (κ3) is 2.35. The van der Waals surface area contributed by atoms with Gasteiger partial charge in [-0.2, -0.15) is 0 Å². The number of methoxy groups -OCH3 is 1. The van der Waals surface area contributed by atoms with Crippen molar-refractivity contribution >= 4 is 15.9 Å². The molecule has 90 valence electrons. The average Bonchev–Trinajstić information content (AvgIpc) is 2.84. The number of hydrogen-bond donors (Lipinski definition) is 1. The van der Waals surface area contributed by atoms with Gasteiger partial charge in [-0.05, 0) is 24.3 Å². The Kier molecular flexibility index (Phi) is 3.49. The van der Waals surface area contributed by atoms with E-state index in [1.807, 2.05) is 0 Å². The third-order valence-electron chi connectivity index (χ3n) is 2.36. The lowest BCUT2D eigenvalue weighted by atomic mass is 10.1. The lowest BCUT2D eigenvalue weighted by Gasteiger charge is -2.12. The maximum atomic E-state index is 13.9. The molecule has 0 aliphatic heterocycles. The zero-order valence-electron chi connectivity index (χ0n) is 8.98. The maximum Gasteiger partial charge on any atom is 0.171 e. The molecule has 1 N–H and O–H groups in total. The quantitative estimate of drug-likeness (QED) is 0.946. The molecule has 0 bridgehead atoms. The summed E-state index contributed by atoms with van der Waals surface area (Å²) in [6.07, 6.45) is 0.266. The van der Waals surface area contributed by atoms with E-state index in [0.717, 1.165) is 0 Å². The van der Waals surface area contributed by atoms with Gasteiger partial charge in [0.1, 0.15) is 11.9 Å². The summed E-state index contributed by atoms with van der Waals surface area (Å²) >= 11 is 3.23. The summed E-state index contributed by atoms with van der Waals surface area (Å²) in [7, 11) is 1.37. The normalized spacial score (nSPS) is 12.5. The molecule has 1 atom stereocenters. The van der Waals surface area contributed by atoms with Crippen LogP contribution in [0.2, 0.25) is 0 Å². The second-order valence-corrected chi connectivity index (χ2v) is 4.34. The van der Waals surface area contributed by atoms with Crippen molar-refractivity contribution < 1.29 is 18.7 Å². The topological polar surface area (TPSA) is 42.6 Å². The van der Waals surface area contributed by atoms with Crippen molar-refractivity contribution in [3.8, 4) is 5.75 Å². The second-order valence-electron chi connectivity index (χ2n) is 3.43. The first-order chi connectivity index (χ1) is 8.13. The smallest absolute Gasteiger partial charge is 0.171 e. The zero-order valence-corrected chi connectivity index (χ0v) is 10.6. The Morgan fingerprint density at radius 3 is 2.82 bits per heavy atom. The summed E-state index contributed by atoms with van der Waals surface area (Å²) in [6.45, 7) is 0. The first kappa shape index (κ1) is 12.1. The van der Waals surface area contributed by atoms with Crippen LogP contribution in [0.1, 0.15) is 17.4 Å². The Morgan fingerprint density at radius 2 is 2.24 bits per heavy atom. The van der Waals surface area contributed by atoms with E-state index in [-0.39, 0.29) is 17.1 Å². The number of aliphatic hydroxyl groups excluding tert-OH is 1. The van der Waals surface area contributed by atoms with Crippen LogP contribution in [0.3, 0.4) is 0 Å². The molecule has 2 rings (SSSR count). The lowest BCUT2D eigenvalue weighted by molar-refractivity contribution is 0.183. The van der Waals surface area contributed by atoms with Crippen molar-refractivity contribution in [2.45, 2.75) is 6.10 Å². The second kappa shape index (κ2) is 4.89. The number of furan rings is 1. The first-order valence-electron chi connectivity index (χ1n) is 4.88. The number of hydrogen-bond acceptors (Lipinski definition) is 3. The Balaban J connectivity index is 2.48. The van der Waals surface area contributed by atoms with E-state index < -0.39 is 11.9 Å². The third-order valence-corrected chi connectivity index (χ3v) is 2.82. The van der Waals surface area contributed by atoms with Gasteiger partial charge in [-0.1, -0.05) is 15.9 Å². The molecule has 1 unspecified atom stereocenters. The minimum absolute atomic E-state index is 0.0694. The monoisotopic (exact) mass is 300 g/mol. The SMILES string of the molecule is COc1cc(Br)cc(C(O)c2ccco2)c1F. The Morgan fingerprint density at radius 1 is 1.47 bits per heavy atom. The molecule has 0 saturated carbocycles. The van der Waals surface area contributed by atoms with E-state index in [1.54, 1.807) is 12.1 Å². The lowest BCUT2D eigenvalue weighted by Crippen LogP contribution is -2.03. The van der Waals surface area contributed by atoms with Crippen molar-refractivity contribution in [1.82, 2.24) is 0 Å². The van der Waals surface area contributed by atoms with Gasteiger partial charge in [0.05, 0.1) is 13.4 Å². The fraction of sp³-hybridized carbons (Fsp3) is 0.167. The van der Waals surface area contributed by atoms with Gasteiger partial charge in [-0.25, -0.2) is 4.39 Å². The highest BCUT2D eigenvalue weighted by molar-refractivity contribution is 9.10. The van der Waals surface area contributed by atoms with Crippen LogP contribution in [0.4, 0.5) is 4.39 Å². The van der Waals surface area contributed by atoms with Gasteiger partial charge in [0.2, 0.25) is 0 Å². The van der Waals surface area contributed by atoms with Crippen molar-refractivity contribution in [1.29, 1.82) is 0 Å². The molecule has 0 fully saturated rings. The number of halogens is 2. The highest BCUT2D eigenvalue weighted by atomic mass is 79.9. The molecule has 5 heteroatoms. The van der Waals surface area contributed by atoms with Gasteiger partial charge in [0.25, 0.3) is 0 Å². The van der Waals surface area contributed by atoms with Crippen LogP contribution in [-0.4, -0.2) is 12.2 Å². The van der Waals surface area contributed by atoms with Gasteiger partial charge >= 0.3 is 0 Å². The minimum Gasteiger partial charge on any atom is -0.494 e. The van der Waals surface area contributed by atoms with Crippen LogP contribution in [0, 0.1) is 5.82 Å². The molecule has 17 heavy (non-hydrogen) atoms. The fourth-order valence-corrected chi connectivity index (χ4v) is 1.99. The molecule has 0 spiro atoms. The molecule has 1 aromatic heterocycles. The Labute approximate surface area is 106 Å². The number of rotatable bonds is 3. The molecule has 0 aliphatic rings. The van der Waals surface area contributed by atoms with Crippen molar-refractivity contribution in [2.24, 2.45) is 0 Å². The van der Waals surface area contributed by atoms with Gasteiger partial charge in [-0.15, -0.1) is 0 Å². The van der Waals surface area contributed by atoms with E-state index in [9.17, 15) is 9.50 Å². The van der Waals surface area contributed by atoms with Crippen molar-refractivity contribution in [3.05, 3.63) is 52.1 Å². The molecule has 1 aromatic carbocycles. The minimum atomic E-state index is -1.16. The predicted molar refractivity (Wildman–Crippen MR) is 63.4 cm³/mol. The predicted octanol–water partition coefficient (Wildman–Crippen LogP) is 3.27. The zero-order chi connectivity index (χ0) is 12.4. The van der Waals surface area contributed by atoms with Gasteiger partial charge in [-0.3, -0.25) is 0 Å². The van der Waals surface area contributed by atoms with Crippen molar-refractivity contribution in [2.75, 3.05) is 7.11 Å². The molecule has 1 heterocycles. The van der Waals surface area contributed by atoms with Gasteiger partial charge < -0.3 is 14.3 Å². The number of aliphatic hydroxyl groups is 1. The van der Waals surface area contributed by atoms with E-state index in [4.69, 9.17) is 9.15 Å². The molecular weight excluding hydrogens is 291 g/mol. The molecule has 0 radical (unpaired) electrons. The van der Waals surface area contributed by atoms with Gasteiger partial charge in [0.15, 0.2) is 11.6 Å². The summed E-state index contributed by atoms with van der Waals surface area (Å²) in [5.41, 5.74) is 0.103. The summed E-state index contributed by atoms with van der Waals surface area (Å²) < 4.78 is 24.5. The van der Waals surface area contributed by atoms with Crippen LogP contribution >= 0.6 is 15.9 Å². The highest BCUT2D eigenvalue weighted by Gasteiger charge is 2.21. The largest absolute Gasteiger partial charge is 0.494 e. The molecule has 0 saturated heterocycles. The Hall–Kier alpha value is -1.33. The Bertz CT molecular complexity index is 511. The highest BCUT2D eigenvalue weighted by Crippen LogP contribution is 2.32. The van der Waals surface area contributed by atoms with E-state index in [0.29, 0.717) is 4.47 Å². The van der Waals surface area contributed by atoms with Crippen LogP contribution in [-0.2, 0) is 0 Å². The van der Waals surface area contributed by atoms with E-state index in [1.165, 1.54) is 25.5 Å². The summed E-state index contributed by atoms with van der Waals surface area (Å²) in [4.78, 5) is 0. The van der Waals surface area contributed by atoms with E-state index >= 15 is 0 Å². The summed E-state index contributed by atoms with van der Waals surface area (Å²) in [6, 6.07) is 6.20. The maximum absolute atomic E-state index is 13.9. The standard InChI is InChI=1S/C12H10BrFO3/c1-16-10-6-7(13)5-8(11(10)14)12(15)9-3-2-4-17-9/h2-6,12,15H,1H3. The molecule has 0 amide bonds. The average molecular weight is 301 g/mol. The molecule has 0 aliphatic carbocycles. The van der Waals surface area contributed by atoms with Crippen LogP contribution < -0.4 is 4.74 Å². The number of ether oxygens (including phenoxy) is 1. The summed E-state index contributed by atoms with van der Waals surface area (Å²) in [5, 5.41) is 10.00.